The van der Waals surface area contributed by atoms with Crippen molar-refractivity contribution in [1.29, 1.82) is 0 Å². The van der Waals surface area contributed by atoms with Crippen molar-refractivity contribution in [3.8, 4) is 0 Å². The fraction of sp³-hybridized carbons (Fsp3) is 0.250. The number of nitrogens with one attached hydrogen (secondary N) is 1. The molecule has 0 aliphatic carbocycles. The average Bonchev–Trinajstić information content (AvgIpc) is 2.77. The first-order valence-electron chi connectivity index (χ1n) is 10.0. The summed E-state index contributed by atoms with van der Waals surface area (Å²) in [4.78, 5) is 2.02. The molecule has 0 bridgehead atoms. The predicted octanol–water partition coefficient (Wildman–Crippen LogP) is 6.66. The van der Waals surface area contributed by atoms with Crippen LogP contribution >= 0.6 is 23.3 Å². The van der Waals surface area contributed by atoms with Gasteiger partial charge < -0.3 is 14.7 Å². The van der Waals surface area contributed by atoms with Crippen molar-refractivity contribution in [2.24, 2.45) is 0 Å². The van der Waals surface area contributed by atoms with Gasteiger partial charge in [-0.15, -0.1) is 0 Å². The minimum Gasteiger partial charge on any atom is -0.378 e. The number of halogens is 1. The van der Waals surface area contributed by atoms with Crippen LogP contribution in [0.3, 0.4) is 0 Å². The van der Waals surface area contributed by atoms with Crippen molar-refractivity contribution in [2.45, 2.75) is 19.1 Å². The molecule has 0 spiro atoms. The molecular weight excluding hydrogens is 459 g/mol. The van der Waals surface area contributed by atoms with E-state index in [9.17, 15) is 4.57 Å². The molecule has 0 amide bonds. The zero-order valence-electron chi connectivity index (χ0n) is 17.6. The molecule has 1 N–H and O–H groups in total. The Morgan fingerprint density at radius 2 is 1.60 bits per heavy atom. The van der Waals surface area contributed by atoms with Gasteiger partial charge in [-0.1, -0.05) is 53.2 Å². The quantitative estimate of drug-likeness (QED) is 0.343. The van der Waals surface area contributed by atoms with E-state index in [4.69, 9.17) is 4.52 Å². The Morgan fingerprint density at radius 1 is 0.967 bits per heavy atom. The molecule has 2 atom stereocenters. The lowest BCUT2D eigenvalue weighted by Gasteiger charge is -2.30. The van der Waals surface area contributed by atoms with E-state index in [1.807, 2.05) is 105 Å². The Hall–Kier alpha value is -2.07. The topological polar surface area (TPSA) is 41.6 Å². The van der Waals surface area contributed by atoms with E-state index in [-0.39, 0.29) is 0 Å². The summed E-state index contributed by atoms with van der Waals surface area (Å²) < 4.78 is 21.7. The molecule has 158 valence electrons. The standard InChI is InChI=1S/C24H28BrN2O2P/c1-4-18-29-30(28,23-16-14-22(15-17-23)27(2)3)24(19-10-12-20(25)13-11-19)26-21-8-6-5-7-9-21/h5-17,24,26H,4,18H2,1-3H3/t24-,30+/m0/s1. The lowest BCUT2D eigenvalue weighted by Crippen LogP contribution is -2.21. The molecule has 0 aromatic heterocycles. The molecule has 0 saturated heterocycles. The molecular formula is C24H28BrN2O2P. The van der Waals surface area contributed by atoms with E-state index in [2.05, 4.69) is 21.2 Å². The molecule has 30 heavy (non-hydrogen) atoms. The van der Waals surface area contributed by atoms with Crippen LogP contribution in [0.4, 0.5) is 11.4 Å². The smallest absolute Gasteiger partial charge is 0.258 e. The normalized spacial score (nSPS) is 14.0. The maximum absolute atomic E-state index is 14.5. The second-order valence-corrected chi connectivity index (χ2v) is 10.7. The minimum absolute atomic E-state index is 0.427. The third kappa shape index (κ3) is 5.34. The fourth-order valence-corrected chi connectivity index (χ4v) is 5.95. The van der Waals surface area contributed by atoms with Gasteiger partial charge in [0, 0.05) is 35.2 Å². The largest absolute Gasteiger partial charge is 0.378 e. The SMILES string of the molecule is CCCO[P@](=O)(c1ccc(N(C)C)cc1)[C@H](Nc1ccccc1)c1ccc(Br)cc1. The first-order valence-corrected chi connectivity index (χ1v) is 12.5. The second kappa shape index (κ2) is 10.3. The molecule has 0 aliphatic rings. The van der Waals surface area contributed by atoms with Crippen molar-refractivity contribution in [3.05, 3.63) is 88.9 Å². The van der Waals surface area contributed by atoms with Gasteiger partial charge in [0.05, 0.1) is 6.61 Å². The van der Waals surface area contributed by atoms with Crippen molar-refractivity contribution in [3.63, 3.8) is 0 Å². The summed E-state index contributed by atoms with van der Waals surface area (Å²) in [6, 6.07) is 25.6. The Morgan fingerprint density at radius 3 is 2.17 bits per heavy atom. The highest BCUT2D eigenvalue weighted by Gasteiger charge is 2.37. The Labute approximate surface area is 187 Å². The van der Waals surface area contributed by atoms with Gasteiger partial charge in [0.1, 0.15) is 5.78 Å². The molecule has 3 aromatic carbocycles. The summed E-state index contributed by atoms with van der Waals surface area (Å²) in [5.74, 6) is -0.509. The molecule has 6 heteroatoms. The summed E-state index contributed by atoms with van der Waals surface area (Å²) in [6.07, 6.45) is 0.790. The maximum Gasteiger partial charge on any atom is 0.258 e. The van der Waals surface area contributed by atoms with Gasteiger partial charge in [0.15, 0.2) is 0 Å². The van der Waals surface area contributed by atoms with Crippen LogP contribution in [0.2, 0.25) is 0 Å². The number of hydrogen-bond acceptors (Lipinski definition) is 4. The summed E-state index contributed by atoms with van der Waals surface area (Å²) in [5.41, 5.74) is 2.87. The molecule has 0 radical (unpaired) electrons. The second-order valence-electron chi connectivity index (χ2n) is 7.31. The Kier molecular flexibility index (Phi) is 7.76. The van der Waals surface area contributed by atoms with E-state index in [0.29, 0.717) is 11.9 Å². The number of hydrogen-bond donors (Lipinski definition) is 1. The molecule has 0 fully saturated rings. The third-order valence-electron chi connectivity index (χ3n) is 4.82. The van der Waals surface area contributed by atoms with E-state index in [1.165, 1.54) is 0 Å². The van der Waals surface area contributed by atoms with Crippen LogP contribution < -0.4 is 15.5 Å². The third-order valence-corrected chi connectivity index (χ3v) is 8.04. The molecule has 0 aliphatic heterocycles. The number of nitrogens with zero attached hydrogens (tertiary/aromatic N) is 1. The van der Waals surface area contributed by atoms with Crippen LogP contribution in [0.15, 0.2) is 83.3 Å². The monoisotopic (exact) mass is 486 g/mol. The zero-order chi connectivity index (χ0) is 21.6. The van der Waals surface area contributed by atoms with Gasteiger partial charge in [-0.05, 0) is 60.5 Å². The van der Waals surface area contributed by atoms with Crippen molar-refractivity contribution < 1.29 is 9.09 Å². The van der Waals surface area contributed by atoms with Crippen molar-refractivity contribution >= 4 is 40.0 Å². The molecule has 0 heterocycles. The molecule has 3 aromatic rings. The van der Waals surface area contributed by atoms with Gasteiger partial charge in [-0.25, -0.2) is 0 Å². The predicted molar refractivity (Wildman–Crippen MR) is 131 cm³/mol. The molecule has 0 saturated carbocycles. The van der Waals surface area contributed by atoms with Crippen LogP contribution in [0.25, 0.3) is 0 Å². The summed E-state index contributed by atoms with van der Waals surface area (Å²) in [6.45, 7) is 2.45. The van der Waals surface area contributed by atoms with E-state index in [0.717, 1.165) is 27.8 Å². The van der Waals surface area contributed by atoms with Crippen LogP contribution in [-0.4, -0.2) is 20.7 Å². The number of para-hydroxylation sites is 1. The number of rotatable bonds is 9. The average molecular weight is 487 g/mol. The first-order chi connectivity index (χ1) is 14.4. The van der Waals surface area contributed by atoms with Crippen LogP contribution in [0, 0.1) is 0 Å². The summed E-state index contributed by atoms with van der Waals surface area (Å²) in [5, 5.41) is 4.19. The number of benzene rings is 3. The van der Waals surface area contributed by atoms with Gasteiger partial charge in [-0.2, -0.15) is 0 Å². The van der Waals surface area contributed by atoms with Gasteiger partial charge in [0.25, 0.3) is 7.37 Å². The summed E-state index contributed by atoms with van der Waals surface area (Å²) in [7, 11) is 0.684. The summed E-state index contributed by atoms with van der Waals surface area (Å²) >= 11 is 3.49. The highest BCUT2D eigenvalue weighted by molar-refractivity contribution is 9.10. The molecule has 3 rings (SSSR count). The lowest BCUT2D eigenvalue weighted by atomic mass is 10.2. The van der Waals surface area contributed by atoms with E-state index in [1.54, 1.807) is 0 Å². The zero-order valence-corrected chi connectivity index (χ0v) is 20.1. The first kappa shape index (κ1) is 22.6. The van der Waals surface area contributed by atoms with Crippen LogP contribution in [0.5, 0.6) is 0 Å². The van der Waals surface area contributed by atoms with Crippen molar-refractivity contribution in [2.75, 3.05) is 30.9 Å². The van der Waals surface area contributed by atoms with Crippen molar-refractivity contribution in [1.82, 2.24) is 0 Å². The highest BCUT2D eigenvalue weighted by atomic mass is 79.9. The van der Waals surface area contributed by atoms with Crippen LogP contribution in [-0.2, 0) is 9.09 Å². The van der Waals surface area contributed by atoms with Gasteiger partial charge in [-0.3, -0.25) is 4.57 Å². The Balaban J connectivity index is 2.10. The van der Waals surface area contributed by atoms with Gasteiger partial charge in [0.2, 0.25) is 0 Å². The Bertz CT molecular complexity index is 976. The van der Waals surface area contributed by atoms with E-state index < -0.39 is 13.2 Å². The van der Waals surface area contributed by atoms with Gasteiger partial charge >= 0.3 is 0 Å². The minimum atomic E-state index is -3.30. The van der Waals surface area contributed by atoms with E-state index >= 15 is 0 Å². The fourth-order valence-electron chi connectivity index (χ4n) is 3.19. The maximum atomic E-state index is 14.5. The van der Waals surface area contributed by atoms with Crippen LogP contribution in [0.1, 0.15) is 24.7 Å². The lowest BCUT2D eigenvalue weighted by molar-refractivity contribution is 0.315. The molecule has 0 unspecified atom stereocenters. The highest BCUT2D eigenvalue weighted by Crippen LogP contribution is 2.59. The number of anilines is 2. The molecule has 4 nitrogen and oxygen atoms in total.